The standard InChI is InChI=1S/C26H23ClFN3O/c1-4-15-30-18(3)17(2)23-13-14-29-24(25(23)30)16-31(22-11-9-21(28)10-12-22)26(32)19-5-7-20(27)8-6-19/h4-14H,1,15-16H2,2-3H3. The number of rotatable bonds is 6. The molecule has 4 rings (SSSR count). The molecule has 1 amide bonds. The number of amides is 1. The van der Waals surface area contributed by atoms with Crippen molar-refractivity contribution in [1.29, 1.82) is 0 Å². The SMILES string of the molecule is C=CCn1c(C)c(C)c2ccnc(CN(C(=O)c3ccc(Cl)cc3)c3ccc(F)cc3)c21. The van der Waals surface area contributed by atoms with E-state index < -0.39 is 0 Å². The Hall–Kier alpha value is -3.44. The third kappa shape index (κ3) is 4.04. The molecule has 4 aromatic rings. The Labute approximate surface area is 191 Å². The van der Waals surface area contributed by atoms with Gasteiger partial charge >= 0.3 is 0 Å². The summed E-state index contributed by atoms with van der Waals surface area (Å²) in [4.78, 5) is 19.7. The summed E-state index contributed by atoms with van der Waals surface area (Å²) in [5.74, 6) is -0.582. The maximum atomic E-state index is 13.6. The van der Waals surface area contributed by atoms with Crippen molar-refractivity contribution in [2.75, 3.05) is 4.90 Å². The number of hydrogen-bond donors (Lipinski definition) is 0. The van der Waals surface area contributed by atoms with Crippen LogP contribution < -0.4 is 4.90 Å². The molecule has 0 atom stereocenters. The van der Waals surface area contributed by atoms with Crippen LogP contribution in [0.5, 0.6) is 0 Å². The number of benzene rings is 2. The molecule has 4 nitrogen and oxygen atoms in total. The largest absolute Gasteiger partial charge is 0.339 e. The molecular weight excluding hydrogens is 425 g/mol. The summed E-state index contributed by atoms with van der Waals surface area (Å²) in [6.07, 6.45) is 3.61. The van der Waals surface area contributed by atoms with E-state index in [0.717, 1.165) is 22.3 Å². The van der Waals surface area contributed by atoms with Gasteiger partial charge in [0, 0.05) is 40.1 Å². The number of aromatic nitrogens is 2. The third-order valence-corrected chi connectivity index (χ3v) is 5.97. The van der Waals surface area contributed by atoms with Crippen LogP contribution >= 0.6 is 11.6 Å². The topological polar surface area (TPSA) is 38.1 Å². The highest BCUT2D eigenvalue weighted by molar-refractivity contribution is 6.30. The highest BCUT2D eigenvalue weighted by Gasteiger charge is 2.22. The van der Waals surface area contributed by atoms with Crippen molar-refractivity contribution in [3.8, 4) is 0 Å². The Balaban J connectivity index is 1.84. The van der Waals surface area contributed by atoms with Crippen LogP contribution in [-0.2, 0) is 13.1 Å². The molecule has 2 aromatic heterocycles. The summed E-state index contributed by atoms with van der Waals surface area (Å²) in [6, 6.07) is 14.6. The lowest BCUT2D eigenvalue weighted by Crippen LogP contribution is -2.31. The van der Waals surface area contributed by atoms with Crippen molar-refractivity contribution in [3.63, 3.8) is 0 Å². The summed E-state index contributed by atoms with van der Waals surface area (Å²) in [7, 11) is 0. The zero-order valence-electron chi connectivity index (χ0n) is 18.0. The summed E-state index contributed by atoms with van der Waals surface area (Å²) in [6.45, 7) is 8.89. The Morgan fingerprint density at radius 2 is 1.81 bits per heavy atom. The number of anilines is 1. The zero-order valence-corrected chi connectivity index (χ0v) is 18.7. The third-order valence-electron chi connectivity index (χ3n) is 5.72. The van der Waals surface area contributed by atoms with Gasteiger partial charge in [-0.1, -0.05) is 17.7 Å². The number of carbonyl (C=O) groups excluding carboxylic acids is 1. The Morgan fingerprint density at radius 3 is 2.47 bits per heavy atom. The monoisotopic (exact) mass is 447 g/mol. The zero-order chi connectivity index (χ0) is 22.8. The van der Waals surface area contributed by atoms with Gasteiger partial charge in [0.05, 0.1) is 17.8 Å². The molecule has 0 saturated heterocycles. The fourth-order valence-corrected chi connectivity index (χ4v) is 4.06. The minimum Gasteiger partial charge on any atom is -0.339 e. The van der Waals surface area contributed by atoms with E-state index >= 15 is 0 Å². The second kappa shape index (κ2) is 8.97. The van der Waals surface area contributed by atoms with Gasteiger partial charge in [-0.05, 0) is 74.0 Å². The van der Waals surface area contributed by atoms with Crippen molar-refractivity contribution in [2.24, 2.45) is 0 Å². The molecule has 0 N–H and O–H groups in total. The molecule has 0 radical (unpaired) electrons. The van der Waals surface area contributed by atoms with E-state index in [2.05, 4.69) is 30.0 Å². The average Bonchev–Trinajstić information content (AvgIpc) is 3.04. The number of allylic oxidation sites excluding steroid dienone is 1. The number of fused-ring (bicyclic) bond motifs is 1. The molecule has 32 heavy (non-hydrogen) atoms. The van der Waals surface area contributed by atoms with Crippen LogP contribution in [0, 0.1) is 19.7 Å². The first-order valence-electron chi connectivity index (χ1n) is 10.3. The molecule has 0 unspecified atom stereocenters. The van der Waals surface area contributed by atoms with Crippen molar-refractivity contribution in [3.05, 3.63) is 107 Å². The molecule has 2 aromatic carbocycles. The molecule has 0 bridgehead atoms. The predicted molar refractivity (Wildman–Crippen MR) is 128 cm³/mol. The van der Waals surface area contributed by atoms with Crippen LogP contribution in [0.4, 0.5) is 10.1 Å². The van der Waals surface area contributed by atoms with Crippen molar-refractivity contribution < 1.29 is 9.18 Å². The number of aryl methyl sites for hydroxylation is 1. The summed E-state index contributed by atoms with van der Waals surface area (Å²) in [5.41, 5.74) is 5.10. The number of pyridine rings is 1. The van der Waals surface area contributed by atoms with Gasteiger partial charge in [-0.15, -0.1) is 6.58 Å². The average molecular weight is 448 g/mol. The van der Waals surface area contributed by atoms with Crippen LogP contribution in [-0.4, -0.2) is 15.5 Å². The number of nitrogens with zero attached hydrogens (tertiary/aromatic N) is 3. The number of carbonyl (C=O) groups is 1. The minimum atomic E-state index is -0.362. The molecule has 162 valence electrons. The van der Waals surface area contributed by atoms with E-state index in [1.807, 2.05) is 12.1 Å². The van der Waals surface area contributed by atoms with Crippen LogP contribution in [0.3, 0.4) is 0 Å². The first-order valence-corrected chi connectivity index (χ1v) is 10.7. The lowest BCUT2D eigenvalue weighted by atomic mass is 10.1. The molecule has 0 aliphatic rings. The second-order valence-electron chi connectivity index (χ2n) is 7.64. The van der Waals surface area contributed by atoms with Gasteiger partial charge in [-0.3, -0.25) is 9.78 Å². The molecule has 6 heteroatoms. The molecule has 0 fully saturated rings. The van der Waals surface area contributed by atoms with E-state index in [0.29, 0.717) is 22.8 Å². The first-order chi connectivity index (χ1) is 15.4. The molecule has 2 heterocycles. The Morgan fingerprint density at radius 1 is 1.12 bits per heavy atom. The fraction of sp³-hybridized carbons (Fsp3) is 0.154. The summed E-state index contributed by atoms with van der Waals surface area (Å²) >= 11 is 6.00. The van der Waals surface area contributed by atoms with E-state index in [-0.39, 0.29) is 18.3 Å². The maximum Gasteiger partial charge on any atom is 0.258 e. The lowest BCUT2D eigenvalue weighted by Gasteiger charge is -2.23. The van der Waals surface area contributed by atoms with Crippen molar-refractivity contribution in [2.45, 2.75) is 26.9 Å². The van der Waals surface area contributed by atoms with Crippen LogP contribution in [0.15, 0.2) is 73.4 Å². The second-order valence-corrected chi connectivity index (χ2v) is 8.07. The smallest absolute Gasteiger partial charge is 0.258 e. The molecule has 0 spiro atoms. The highest BCUT2D eigenvalue weighted by atomic mass is 35.5. The van der Waals surface area contributed by atoms with Gasteiger partial charge in [-0.25, -0.2) is 4.39 Å². The van der Waals surface area contributed by atoms with E-state index in [4.69, 9.17) is 11.6 Å². The van der Waals surface area contributed by atoms with Gasteiger partial charge in [-0.2, -0.15) is 0 Å². The summed E-state index contributed by atoms with van der Waals surface area (Å²) < 4.78 is 15.8. The van der Waals surface area contributed by atoms with Crippen molar-refractivity contribution >= 4 is 34.1 Å². The lowest BCUT2D eigenvalue weighted by molar-refractivity contribution is 0.0985. The van der Waals surface area contributed by atoms with Crippen LogP contribution in [0.25, 0.3) is 10.9 Å². The maximum absolute atomic E-state index is 13.6. The van der Waals surface area contributed by atoms with E-state index in [1.54, 1.807) is 47.5 Å². The summed E-state index contributed by atoms with van der Waals surface area (Å²) in [5, 5.41) is 1.64. The predicted octanol–water partition coefficient (Wildman–Crippen LogP) is 6.48. The Bertz CT molecular complexity index is 1290. The normalized spacial score (nSPS) is 11.0. The fourth-order valence-electron chi connectivity index (χ4n) is 3.94. The molecule has 0 saturated carbocycles. The number of halogens is 2. The van der Waals surface area contributed by atoms with E-state index in [9.17, 15) is 9.18 Å². The molecular formula is C26H23ClFN3O. The number of hydrogen-bond acceptors (Lipinski definition) is 2. The van der Waals surface area contributed by atoms with Crippen LogP contribution in [0.2, 0.25) is 5.02 Å². The quantitative estimate of drug-likeness (QED) is 0.317. The van der Waals surface area contributed by atoms with Crippen molar-refractivity contribution in [1.82, 2.24) is 9.55 Å². The van der Waals surface area contributed by atoms with Gasteiger partial charge in [0.1, 0.15) is 5.82 Å². The van der Waals surface area contributed by atoms with Gasteiger partial charge < -0.3 is 9.47 Å². The minimum absolute atomic E-state index is 0.220. The van der Waals surface area contributed by atoms with Gasteiger partial charge in [0.25, 0.3) is 5.91 Å². The molecule has 0 aliphatic heterocycles. The van der Waals surface area contributed by atoms with Crippen LogP contribution in [0.1, 0.15) is 27.3 Å². The van der Waals surface area contributed by atoms with Gasteiger partial charge in [0.15, 0.2) is 0 Å². The Kier molecular flexibility index (Phi) is 6.10. The molecule has 0 aliphatic carbocycles. The first kappa shape index (κ1) is 21.8. The van der Waals surface area contributed by atoms with Gasteiger partial charge in [0.2, 0.25) is 0 Å². The van der Waals surface area contributed by atoms with E-state index in [1.165, 1.54) is 17.7 Å². The highest BCUT2D eigenvalue weighted by Crippen LogP contribution is 2.29.